The number of hydrogen-bond donors (Lipinski definition) is 0. The number of benzene rings is 1. The summed E-state index contributed by atoms with van der Waals surface area (Å²) in [7, 11) is 6.33. The van der Waals surface area contributed by atoms with Gasteiger partial charge in [-0.2, -0.15) is 0 Å². The molecule has 0 saturated carbocycles. The van der Waals surface area contributed by atoms with Crippen molar-refractivity contribution in [1.82, 2.24) is 4.48 Å². The van der Waals surface area contributed by atoms with Crippen LogP contribution in [0.15, 0.2) is 34.4 Å². The third-order valence-electron chi connectivity index (χ3n) is 2.39. The van der Waals surface area contributed by atoms with Gasteiger partial charge in [0.2, 0.25) is 0 Å². The molecule has 0 atom stereocenters. The van der Waals surface area contributed by atoms with Crippen LogP contribution < -0.4 is 9.91 Å². The van der Waals surface area contributed by atoms with Crippen LogP contribution in [0.1, 0.15) is 0 Å². The monoisotopic (exact) mass is 220 g/mol. The first kappa shape index (κ1) is 10.3. The van der Waals surface area contributed by atoms with E-state index in [1.54, 1.807) is 17.4 Å². The molecule has 3 heteroatoms. The lowest BCUT2D eigenvalue weighted by Gasteiger charge is -2.24. The van der Waals surface area contributed by atoms with E-state index < -0.39 is 0 Å². The van der Waals surface area contributed by atoms with Crippen molar-refractivity contribution < 1.29 is 0 Å². The second-order valence-electron chi connectivity index (χ2n) is 4.45. The molecule has 0 spiro atoms. The first-order valence-corrected chi connectivity index (χ1v) is 5.70. The average Bonchev–Trinajstić information content (AvgIpc) is 2.16. The fourth-order valence-electron chi connectivity index (χ4n) is 1.62. The molecule has 0 unspecified atom stereocenters. The number of fused-ring (bicyclic) bond motifs is 1. The zero-order valence-electron chi connectivity index (χ0n) is 9.15. The highest BCUT2D eigenvalue weighted by Gasteiger charge is 2.16. The zero-order chi connectivity index (χ0) is 11.1. The van der Waals surface area contributed by atoms with Gasteiger partial charge < -0.3 is 0 Å². The molecule has 0 saturated heterocycles. The predicted octanol–water partition coefficient (Wildman–Crippen LogP) is 2.46. The standard InChI is InChI=1S/C12H14NOS/c1-13(2,3)10-6-4-5-9-11(14)7-8-15-12(9)10/h4-8H,1-3H3/q+1. The molecule has 0 aliphatic heterocycles. The van der Waals surface area contributed by atoms with Crippen molar-refractivity contribution in [1.29, 1.82) is 0 Å². The summed E-state index contributed by atoms with van der Waals surface area (Å²) in [5.74, 6) is 0. The van der Waals surface area contributed by atoms with E-state index in [2.05, 4.69) is 27.2 Å². The Kier molecular flexibility index (Phi) is 2.37. The van der Waals surface area contributed by atoms with Crippen LogP contribution in [-0.2, 0) is 0 Å². The van der Waals surface area contributed by atoms with Crippen molar-refractivity contribution in [2.75, 3.05) is 21.1 Å². The minimum atomic E-state index is 0.110. The molecule has 0 bridgehead atoms. The molecule has 2 aromatic rings. The van der Waals surface area contributed by atoms with Crippen molar-refractivity contribution in [3.63, 3.8) is 0 Å². The molecule has 0 amide bonds. The van der Waals surface area contributed by atoms with Crippen LogP contribution in [0, 0.1) is 0 Å². The van der Waals surface area contributed by atoms with Gasteiger partial charge in [-0.1, -0.05) is 6.07 Å². The van der Waals surface area contributed by atoms with Gasteiger partial charge in [0.25, 0.3) is 0 Å². The zero-order valence-corrected chi connectivity index (χ0v) is 9.97. The molecule has 2 rings (SSSR count). The van der Waals surface area contributed by atoms with E-state index in [0.717, 1.165) is 14.6 Å². The van der Waals surface area contributed by atoms with E-state index in [0.29, 0.717) is 0 Å². The Balaban J connectivity index is 2.89. The summed E-state index contributed by atoms with van der Waals surface area (Å²) < 4.78 is 1.83. The Morgan fingerprint density at radius 1 is 1.13 bits per heavy atom. The fourth-order valence-corrected chi connectivity index (χ4v) is 2.71. The van der Waals surface area contributed by atoms with Crippen LogP contribution in [0.5, 0.6) is 0 Å². The van der Waals surface area contributed by atoms with E-state index in [9.17, 15) is 4.79 Å². The molecule has 78 valence electrons. The molecule has 0 N–H and O–H groups in total. The van der Waals surface area contributed by atoms with E-state index in [1.807, 2.05) is 17.5 Å². The molecule has 1 heterocycles. The summed E-state index contributed by atoms with van der Waals surface area (Å²) in [6.45, 7) is 0. The third-order valence-corrected chi connectivity index (χ3v) is 3.32. The smallest absolute Gasteiger partial charge is 0.188 e. The van der Waals surface area contributed by atoms with Crippen LogP contribution in [-0.4, -0.2) is 21.1 Å². The Hall–Kier alpha value is -1.19. The van der Waals surface area contributed by atoms with Crippen molar-refractivity contribution in [3.05, 3.63) is 39.9 Å². The summed E-state index contributed by atoms with van der Waals surface area (Å²) in [5.41, 5.74) is 1.30. The number of quaternary nitrogens is 1. The third kappa shape index (κ3) is 1.80. The van der Waals surface area contributed by atoms with Crippen LogP contribution in [0.25, 0.3) is 10.1 Å². The Bertz CT molecular complexity index is 551. The lowest BCUT2D eigenvalue weighted by atomic mass is 10.2. The molecule has 2 nitrogen and oxygen atoms in total. The molecule has 0 radical (unpaired) electrons. The second-order valence-corrected chi connectivity index (χ2v) is 5.37. The van der Waals surface area contributed by atoms with Gasteiger partial charge in [0.15, 0.2) is 5.43 Å². The van der Waals surface area contributed by atoms with Gasteiger partial charge in [0.05, 0.1) is 25.8 Å². The molecule has 0 aliphatic rings. The largest absolute Gasteiger partial charge is 0.297 e. The van der Waals surface area contributed by atoms with Gasteiger partial charge in [-0.05, 0) is 17.5 Å². The maximum atomic E-state index is 11.7. The summed E-state index contributed by atoms with van der Waals surface area (Å²) in [5, 5.41) is 2.69. The predicted molar refractivity (Wildman–Crippen MR) is 67.7 cm³/mol. The van der Waals surface area contributed by atoms with Crippen LogP contribution >= 0.6 is 11.3 Å². The molecule has 0 fully saturated rings. The number of nitrogens with zero attached hydrogens (tertiary/aromatic N) is 1. The van der Waals surface area contributed by atoms with Gasteiger partial charge >= 0.3 is 0 Å². The number of rotatable bonds is 1. The fraction of sp³-hybridized carbons (Fsp3) is 0.250. The average molecular weight is 220 g/mol. The van der Waals surface area contributed by atoms with Gasteiger partial charge in [-0.3, -0.25) is 9.28 Å². The second kappa shape index (κ2) is 3.43. The highest BCUT2D eigenvalue weighted by atomic mass is 32.1. The summed E-state index contributed by atoms with van der Waals surface area (Å²) >= 11 is 1.63. The lowest BCUT2D eigenvalue weighted by Crippen LogP contribution is -2.34. The summed E-state index contributed by atoms with van der Waals surface area (Å²) in [6.07, 6.45) is 0. The molecular weight excluding hydrogens is 206 g/mol. The van der Waals surface area contributed by atoms with Crippen molar-refractivity contribution >= 4 is 27.1 Å². The Labute approximate surface area is 93.0 Å². The Morgan fingerprint density at radius 3 is 2.53 bits per heavy atom. The molecular formula is C12H14NOS+. The van der Waals surface area contributed by atoms with Gasteiger partial charge in [0, 0.05) is 11.5 Å². The SMILES string of the molecule is C[N+](C)(C)c1cccc2c(=O)ccsc12. The van der Waals surface area contributed by atoms with Gasteiger partial charge in [0.1, 0.15) is 5.69 Å². The maximum Gasteiger partial charge on any atom is 0.188 e. The normalized spacial score (nSPS) is 11.9. The quantitative estimate of drug-likeness (QED) is 0.675. The van der Waals surface area contributed by atoms with Crippen LogP contribution in [0.4, 0.5) is 5.69 Å². The van der Waals surface area contributed by atoms with Crippen molar-refractivity contribution in [2.24, 2.45) is 0 Å². The first-order chi connectivity index (χ1) is 7.00. The molecule has 1 aromatic heterocycles. The van der Waals surface area contributed by atoms with E-state index in [4.69, 9.17) is 0 Å². The van der Waals surface area contributed by atoms with Gasteiger partial charge in [-0.15, -0.1) is 11.3 Å². The van der Waals surface area contributed by atoms with E-state index in [1.165, 1.54) is 5.69 Å². The van der Waals surface area contributed by atoms with Crippen molar-refractivity contribution in [3.8, 4) is 0 Å². The first-order valence-electron chi connectivity index (χ1n) is 4.83. The van der Waals surface area contributed by atoms with Crippen LogP contribution in [0.2, 0.25) is 0 Å². The Morgan fingerprint density at radius 2 is 1.87 bits per heavy atom. The van der Waals surface area contributed by atoms with Crippen LogP contribution in [0.3, 0.4) is 0 Å². The minimum absolute atomic E-state index is 0.110. The molecule has 15 heavy (non-hydrogen) atoms. The van der Waals surface area contributed by atoms with Crippen molar-refractivity contribution in [2.45, 2.75) is 0 Å². The van der Waals surface area contributed by atoms with Gasteiger partial charge in [-0.25, -0.2) is 0 Å². The molecule has 0 aliphatic carbocycles. The topological polar surface area (TPSA) is 17.1 Å². The highest BCUT2D eigenvalue weighted by molar-refractivity contribution is 7.17. The lowest BCUT2D eigenvalue weighted by molar-refractivity contribution is 0.490. The summed E-state index contributed by atoms with van der Waals surface area (Å²) in [4.78, 5) is 11.7. The maximum absolute atomic E-state index is 11.7. The highest BCUT2D eigenvalue weighted by Crippen LogP contribution is 2.29. The minimum Gasteiger partial charge on any atom is -0.297 e. The summed E-state index contributed by atoms with van der Waals surface area (Å²) in [6, 6.07) is 7.56. The van der Waals surface area contributed by atoms with E-state index in [-0.39, 0.29) is 5.43 Å². The van der Waals surface area contributed by atoms with E-state index >= 15 is 0 Å². The number of hydrogen-bond acceptors (Lipinski definition) is 2. The molecule has 1 aromatic carbocycles.